The lowest BCUT2D eigenvalue weighted by atomic mass is 10.0. The van der Waals surface area contributed by atoms with E-state index in [0.29, 0.717) is 11.1 Å². The first-order valence-corrected chi connectivity index (χ1v) is 5.81. The first kappa shape index (κ1) is 13.9. The molecule has 0 aliphatic carbocycles. The maximum Gasteiger partial charge on any atom is 0.144 e. The van der Waals surface area contributed by atoms with Gasteiger partial charge in [-0.25, -0.2) is 4.39 Å². The van der Waals surface area contributed by atoms with Crippen molar-refractivity contribution >= 4 is 0 Å². The second-order valence-corrected chi connectivity index (χ2v) is 3.63. The van der Waals surface area contributed by atoms with Gasteiger partial charge in [0.05, 0.1) is 11.8 Å². The third kappa shape index (κ3) is 2.57. The van der Waals surface area contributed by atoms with E-state index in [1.54, 1.807) is 43.2 Å². The molecule has 0 spiro atoms. The SMILES string of the molecule is CC.Cc1ccc(-c2cnn(C)c2)c(C#N)c1F. The van der Waals surface area contributed by atoms with Gasteiger partial charge in [-0.3, -0.25) is 4.68 Å². The van der Waals surface area contributed by atoms with Gasteiger partial charge in [0.2, 0.25) is 0 Å². The Labute approximate surface area is 106 Å². The Bertz CT molecular complexity index is 579. The molecule has 1 aromatic heterocycles. The first-order valence-electron chi connectivity index (χ1n) is 5.81. The maximum absolute atomic E-state index is 13.7. The number of rotatable bonds is 1. The van der Waals surface area contributed by atoms with Crippen LogP contribution in [-0.4, -0.2) is 9.78 Å². The average Bonchev–Trinajstić information content (AvgIpc) is 2.81. The fourth-order valence-corrected chi connectivity index (χ4v) is 1.59. The van der Waals surface area contributed by atoms with Crippen LogP contribution in [0.5, 0.6) is 0 Å². The quantitative estimate of drug-likeness (QED) is 0.772. The fraction of sp³-hybridized carbons (Fsp3) is 0.286. The van der Waals surface area contributed by atoms with Crippen molar-refractivity contribution in [3.05, 3.63) is 41.5 Å². The van der Waals surface area contributed by atoms with Crippen molar-refractivity contribution in [3.63, 3.8) is 0 Å². The van der Waals surface area contributed by atoms with Gasteiger partial charge in [0.15, 0.2) is 0 Å². The highest BCUT2D eigenvalue weighted by atomic mass is 19.1. The molecule has 0 bridgehead atoms. The molecule has 0 amide bonds. The van der Waals surface area contributed by atoms with Crippen LogP contribution < -0.4 is 0 Å². The van der Waals surface area contributed by atoms with Crippen LogP contribution >= 0.6 is 0 Å². The summed E-state index contributed by atoms with van der Waals surface area (Å²) >= 11 is 0. The molecule has 0 unspecified atom stereocenters. The van der Waals surface area contributed by atoms with E-state index in [2.05, 4.69) is 5.10 Å². The summed E-state index contributed by atoms with van der Waals surface area (Å²) in [5.74, 6) is -0.455. The molecule has 0 N–H and O–H groups in total. The highest BCUT2D eigenvalue weighted by Gasteiger charge is 2.13. The lowest BCUT2D eigenvalue weighted by Gasteiger charge is -2.04. The molecule has 0 saturated heterocycles. The van der Waals surface area contributed by atoms with E-state index in [1.807, 2.05) is 19.9 Å². The Balaban J connectivity index is 0.000000771. The normalized spacial score (nSPS) is 9.33. The zero-order chi connectivity index (χ0) is 13.7. The molecule has 0 saturated carbocycles. The summed E-state index contributed by atoms with van der Waals surface area (Å²) in [6, 6.07) is 5.31. The molecule has 2 aromatic rings. The molecule has 3 nitrogen and oxygen atoms in total. The van der Waals surface area contributed by atoms with E-state index >= 15 is 0 Å². The molecule has 0 atom stereocenters. The van der Waals surface area contributed by atoms with Crippen molar-refractivity contribution < 1.29 is 4.39 Å². The minimum Gasteiger partial charge on any atom is -0.275 e. The first-order chi connectivity index (χ1) is 8.63. The number of hydrogen-bond donors (Lipinski definition) is 0. The second kappa shape index (κ2) is 5.97. The van der Waals surface area contributed by atoms with Crippen LogP contribution in [0.3, 0.4) is 0 Å². The monoisotopic (exact) mass is 245 g/mol. The Kier molecular flexibility index (Phi) is 4.61. The Morgan fingerprint density at radius 1 is 1.33 bits per heavy atom. The minimum absolute atomic E-state index is 0.0769. The molecule has 0 aliphatic rings. The van der Waals surface area contributed by atoms with Crippen molar-refractivity contribution in [2.45, 2.75) is 20.8 Å². The Morgan fingerprint density at radius 3 is 2.50 bits per heavy atom. The Morgan fingerprint density at radius 2 is 2.00 bits per heavy atom. The predicted octanol–water partition coefficient (Wildman–Crippen LogP) is 3.43. The van der Waals surface area contributed by atoms with Crippen LogP contribution in [0.2, 0.25) is 0 Å². The number of aromatic nitrogens is 2. The van der Waals surface area contributed by atoms with Gasteiger partial charge in [0.25, 0.3) is 0 Å². The molecule has 0 aliphatic heterocycles. The van der Waals surface area contributed by atoms with Crippen LogP contribution in [0.4, 0.5) is 4.39 Å². The maximum atomic E-state index is 13.7. The summed E-state index contributed by atoms with van der Waals surface area (Å²) in [4.78, 5) is 0. The molecule has 1 heterocycles. The number of halogens is 1. The fourth-order valence-electron chi connectivity index (χ4n) is 1.59. The standard InChI is InChI=1S/C12H10FN3.C2H6/c1-8-3-4-10(11(5-14)12(8)13)9-6-15-16(2)7-9;1-2/h3-4,6-7H,1-2H3;1-2H3. The van der Waals surface area contributed by atoms with E-state index in [1.165, 1.54) is 0 Å². The van der Waals surface area contributed by atoms with Gasteiger partial charge in [0, 0.05) is 24.4 Å². The molecule has 0 radical (unpaired) electrons. The highest BCUT2D eigenvalue weighted by molar-refractivity contribution is 5.70. The molecule has 4 heteroatoms. The second-order valence-electron chi connectivity index (χ2n) is 3.63. The van der Waals surface area contributed by atoms with Crippen LogP contribution in [0.1, 0.15) is 25.0 Å². The number of benzene rings is 1. The zero-order valence-electron chi connectivity index (χ0n) is 11.0. The number of nitrogens with zero attached hydrogens (tertiary/aromatic N) is 3. The van der Waals surface area contributed by atoms with Gasteiger partial charge in [-0.2, -0.15) is 10.4 Å². The van der Waals surface area contributed by atoms with Crippen molar-refractivity contribution in [1.82, 2.24) is 9.78 Å². The highest BCUT2D eigenvalue weighted by Crippen LogP contribution is 2.26. The largest absolute Gasteiger partial charge is 0.275 e. The van der Waals surface area contributed by atoms with Crippen LogP contribution in [0, 0.1) is 24.1 Å². The average molecular weight is 245 g/mol. The third-order valence-electron chi connectivity index (χ3n) is 2.46. The molecule has 0 fully saturated rings. The predicted molar refractivity (Wildman–Crippen MR) is 69.4 cm³/mol. The summed E-state index contributed by atoms with van der Waals surface area (Å²) in [5.41, 5.74) is 1.88. The van der Waals surface area contributed by atoms with Crippen LogP contribution in [0.15, 0.2) is 24.5 Å². The molecular formula is C14H16FN3. The molecule has 18 heavy (non-hydrogen) atoms. The zero-order valence-corrected chi connectivity index (χ0v) is 11.0. The van der Waals surface area contributed by atoms with Crippen molar-refractivity contribution in [2.75, 3.05) is 0 Å². The van der Waals surface area contributed by atoms with E-state index in [-0.39, 0.29) is 5.56 Å². The van der Waals surface area contributed by atoms with Crippen molar-refractivity contribution in [1.29, 1.82) is 5.26 Å². The van der Waals surface area contributed by atoms with Crippen LogP contribution in [-0.2, 0) is 7.05 Å². The number of nitriles is 1. The van der Waals surface area contributed by atoms with E-state index in [0.717, 1.165) is 5.56 Å². The number of aryl methyl sites for hydroxylation is 2. The lowest BCUT2D eigenvalue weighted by Crippen LogP contribution is -1.92. The smallest absolute Gasteiger partial charge is 0.144 e. The van der Waals surface area contributed by atoms with E-state index in [4.69, 9.17) is 5.26 Å². The summed E-state index contributed by atoms with van der Waals surface area (Å²) < 4.78 is 15.3. The summed E-state index contributed by atoms with van der Waals surface area (Å²) in [7, 11) is 1.78. The van der Waals surface area contributed by atoms with Gasteiger partial charge in [-0.05, 0) is 12.5 Å². The van der Waals surface area contributed by atoms with Crippen LogP contribution in [0.25, 0.3) is 11.1 Å². The summed E-state index contributed by atoms with van der Waals surface area (Å²) in [5, 5.41) is 13.0. The Hall–Kier alpha value is -2.15. The van der Waals surface area contributed by atoms with Gasteiger partial charge in [-0.15, -0.1) is 0 Å². The minimum atomic E-state index is -0.455. The lowest BCUT2D eigenvalue weighted by molar-refractivity contribution is 0.615. The molecular weight excluding hydrogens is 229 g/mol. The van der Waals surface area contributed by atoms with E-state index < -0.39 is 5.82 Å². The molecule has 2 rings (SSSR count). The van der Waals surface area contributed by atoms with Crippen molar-refractivity contribution in [2.24, 2.45) is 7.05 Å². The molecule has 94 valence electrons. The number of hydrogen-bond acceptors (Lipinski definition) is 2. The third-order valence-corrected chi connectivity index (χ3v) is 2.46. The van der Waals surface area contributed by atoms with Gasteiger partial charge in [0.1, 0.15) is 11.9 Å². The topological polar surface area (TPSA) is 41.6 Å². The van der Waals surface area contributed by atoms with Crippen molar-refractivity contribution in [3.8, 4) is 17.2 Å². The van der Waals surface area contributed by atoms with Gasteiger partial charge in [-0.1, -0.05) is 26.0 Å². The summed E-state index contributed by atoms with van der Waals surface area (Å²) in [6.45, 7) is 5.64. The van der Waals surface area contributed by atoms with E-state index in [9.17, 15) is 4.39 Å². The van der Waals surface area contributed by atoms with Gasteiger partial charge < -0.3 is 0 Å². The summed E-state index contributed by atoms with van der Waals surface area (Å²) in [6.07, 6.45) is 3.37. The molecule has 1 aromatic carbocycles. The van der Waals surface area contributed by atoms with Gasteiger partial charge >= 0.3 is 0 Å².